The Kier molecular flexibility index (Phi) is 6.42. The van der Waals surface area contributed by atoms with E-state index in [1.807, 2.05) is 30.3 Å². The van der Waals surface area contributed by atoms with Crippen LogP contribution in [0, 0.1) is 0 Å². The Labute approximate surface area is 175 Å². The average molecular weight is 411 g/mol. The number of anilines is 1. The van der Waals surface area contributed by atoms with Gasteiger partial charge in [-0.1, -0.05) is 30.3 Å². The number of carbonyl (C=O) groups excluding carboxylic acids is 2. The van der Waals surface area contributed by atoms with E-state index in [0.29, 0.717) is 17.1 Å². The van der Waals surface area contributed by atoms with Gasteiger partial charge in [0.1, 0.15) is 5.00 Å². The molecule has 2 heterocycles. The molecule has 4 rings (SSSR count). The van der Waals surface area contributed by atoms with E-state index in [2.05, 4.69) is 10.6 Å². The predicted octanol–water partition coefficient (Wildman–Crippen LogP) is 4.19. The van der Waals surface area contributed by atoms with Crippen molar-refractivity contribution in [3.63, 3.8) is 0 Å². The fourth-order valence-corrected chi connectivity index (χ4v) is 5.17. The zero-order valence-corrected chi connectivity index (χ0v) is 17.2. The summed E-state index contributed by atoms with van der Waals surface area (Å²) in [5.41, 5.74) is 2.71. The van der Waals surface area contributed by atoms with E-state index in [9.17, 15) is 9.59 Å². The third-order valence-corrected chi connectivity index (χ3v) is 6.58. The van der Waals surface area contributed by atoms with E-state index >= 15 is 0 Å². The van der Waals surface area contributed by atoms with E-state index in [0.717, 1.165) is 56.3 Å². The number of ether oxygens (including phenoxy) is 1. The molecule has 29 heavy (non-hydrogen) atoms. The summed E-state index contributed by atoms with van der Waals surface area (Å²) < 4.78 is 5.61. The largest absolute Gasteiger partial charge is 0.376 e. The molecule has 1 aromatic carbocycles. The second-order valence-corrected chi connectivity index (χ2v) is 8.60. The smallest absolute Gasteiger partial charge is 0.254 e. The van der Waals surface area contributed by atoms with Crippen LogP contribution < -0.4 is 10.6 Å². The molecule has 2 N–H and O–H groups in total. The lowest BCUT2D eigenvalue weighted by Gasteiger charge is -2.15. The fraction of sp³-hybridized carbons (Fsp3) is 0.391. The molecule has 5 nitrogen and oxygen atoms in total. The Morgan fingerprint density at radius 3 is 2.76 bits per heavy atom. The van der Waals surface area contributed by atoms with E-state index in [-0.39, 0.29) is 17.9 Å². The highest BCUT2D eigenvalue weighted by Crippen LogP contribution is 2.38. The third-order valence-electron chi connectivity index (χ3n) is 5.38. The molecule has 152 valence electrons. The maximum absolute atomic E-state index is 13.0. The summed E-state index contributed by atoms with van der Waals surface area (Å²) >= 11 is 1.54. The number of thiophene rings is 1. The molecule has 2 aromatic rings. The second kappa shape index (κ2) is 9.37. The molecule has 0 saturated carbocycles. The first kappa shape index (κ1) is 19.9. The van der Waals surface area contributed by atoms with Gasteiger partial charge in [0.05, 0.1) is 11.7 Å². The number of hydrogen-bond donors (Lipinski definition) is 2. The highest BCUT2D eigenvalue weighted by Gasteiger charge is 2.27. The van der Waals surface area contributed by atoms with Crippen LogP contribution in [0.15, 0.2) is 36.4 Å². The molecular formula is C23H26N2O3S. The third kappa shape index (κ3) is 4.95. The molecule has 1 aliphatic heterocycles. The fourth-order valence-electron chi connectivity index (χ4n) is 3.88. The van der Waals surface area contributed by atoms with Crippen LogP contribution in [0.25, 0.3) is 6.08 Å². The number of rotatable bonds is 6. The minimum Gasteiger partial charge on any atom is -0.376 e. The molecule has 1 aliphatic carbocycles. The van der Waals surface area contributed by atoms with Crippen molar-refractivity contribution in [3.05, 3.63) is 58.0 Å². The normalized spacial score (nSPS) is 18.6. The quantitative estimate of drug-likeness (QED) is 0.702. The minimum absolute atomic E-state index is 0.0975. The summed E-state index contributed by atoms with van der Waals surface area (Å²) in [6.45, 7) is 1.29. The molecule has 2 amide bonds. The van der Waals surface area contributed by atoms with Crippen molar-refractivity contribution in [1.29, 1.82) is 0 Å². The molecule has 0 radical (unpaired) electrons. The van der Waals surface area contributed by atoms with Crippen LogP contribution >= 0.6 is 11.3 Å². The number of amides is 2. The van der Waals surface area contributed by atoms with E-state index < -0.39 is 0 Å². The summed E-state index contributed by atoms with van der Waals surface area (Å²) in [6.07, 6.45) is 9.50. The van der Waals surface area contributed by atoms with Crippen LogP contribution in [-0.4, -0.2) is 31.1 Å². The first-order chi connectivity index (χ1) is 14.2. The zero-order chi connectivity index (χ0) is 20.1. The van der Waals surface area contributed by atoms with Gasteiger partial charge in [0, 0.05) is 24.1 Å². The minimum atomic E-state index is -0.222. The molecule has 2 aliphatic rings. The first-order valence-corrected chi connectivity index (χ1v) is 11.1. The van der Waals surface area contributed by atoms with E-state index in [4.69, 9.17) is 4.74 Å². The highest BCUT2D eigenvalue weighted by molar-refractivity contribution is 7.17. The van der Waals surface area contributed by atoms with E-state index in [1.165, 1.54) is 11.0 Å². The molecule has 1 fully saturated rings. The lowest BCUT2D eigenvalue weighted by atomic mass is 9.95. The van der Waals surface area contributed by atoms with Crippen LogP contribution in [0.4, 0.5) is 5.00 Å². The topological polar surface area (TPSA) is 67.4 Å². The SMILES string of the molecule is O=C(C=Cc1ccccc1)Nc1sc2c(c1C(=O)NCC1CCCO1)CCCC2. The molecule has 0 bridgehead atoms. The Hall–Kier alpha value is -2.44. The van der Waals surface area contributed by atoms with Crippen molar-refractivity contribution < 1.29 is 14.3 Å². The maximum Gasteiger partial charge on any atom is 0.254 e. The van der Waals surface area contributed by atoms with Gasteiger partial charge < -0.3 is 15.4 Å². The number of aryl methyl sites for hydroxylation is 1. The lowest BCUT2D eigenvalue weighted by Crippen LogP contribution is -2.32. The van der Waals surface area contributed by atoms with Gasteiger partial charge in [-0.3, -0.25) is 9.59 Å². The highest BCUT2D eigenvalue weighted by atomic mass is 32.1. The van der Waals surface area contributed by atoms with Crippen LogP contribution in [0.3, 0.4) is 0 Å². The Bertz CT molecular complexity index is 898. The van der Waals surface area contributed by atoms with Crippen molar-refractivity contribution in [3.8, 4) is 0 Å². The first-order valence-electron chi connectivity index (χ1n) is 10.3. The molecule has 1 atom stereocenters. The number of benzene rings is 1. The van der Waals surface area contributed by atoms with Crippen molar-refractivity contribution in [2.45, 2.75) is 44.6 Å². The Balaban J connectivity index is 1.49. The van der Waals surface area contributed by atoms with Gasteiger partial charge in [0.2, 0.25) is 5.91 Å². The van der Waals surface area contributed by atoms with Crippen LogP contribution in [-0.2, 0) is 22.4 Å². The summed E-state index contributed by atoms with van der Waals surface area (Å²) in [5.74, 6) is -0.331. The van der Waals surface area contributed by atoms with E-state index in [1.54, 1.807) is 17.4 Å². The number of nitrogens with one attached hydrogen (secondary N) is 2. The Morgan fingerprint density at radius 2 is 1.97 bits per heavy atom. The second-order valence-electron chi connectivity index (χ2n) is 7.49. The van der Waals surface area contributed by atoms with Crippen LogP contribution in [0.1, 0.15) is 52.0 Å². The standard InChI is InChI=1S/C23H26N2O3S/c26-20(13-12-16-7-2-1-3-8-16)25-23-21(18-10-4-5-11-19(18)29-23)22(27)24-15-17-9-6-14-28-17/h1-3,7-8,12-13,17H,4-6,9-11,14-15H2,(H,24,27)(H,25,26). The van der Waals surface area contributed by atoms with Crippen LogP contribution in [0.5, 0.6) is 0 Å². The Morgan fingerprint density at radius 1 is 1.14 bits per heavy atom. The lowest BCUT2D eigenvalue weighted by molar-refractivity contribution is -0.111. The molecule has 1 unspecified atom stereocenters. The van der Waals surface area contributed by atoms with Gasteiger partial charge in [-0.05, 0) is 55.7 Å². The number of fused-ring (bicyclic) bond motifs is 1. The van der Waals surface area contributed by atoms with Crippen molar-refractivity contribution in [2.75, 3.05) is 18.5 Å². The van der Waals surface area contributed by atoms with Crippen molar-refractivity contribution >= 4 is 34.2 Å². The number of hydrogen-bond acceptors (Lipinski definition) is 4. The van der Waals surface area contributed by atoms with Gasteiger partial charge in [0.15, 0.2) is 0 Å². The van der Waals surface area contributed by atoms with Gasteiger partial charge in [-0.15, -0.1) is 11.3 Å². The summed E-state index contributed by atoms with van der Waals surface area (Å²) in [4.78, 5) is 26.7. The average Bonchev–Trinajstić information content (AvgIpc) is 3.38. The van der Waals surface area contributed by atoms with Gasteiger partial charge in [-0.25, -0.2) is 0 Å². The van der Waals surface area contributed by atoms with Gasteiger partial charge >= 0.3 is 0 Å². The zero-order valence-electron chi connectivity index (χ0n) is 16.4. The molecule has 0 spiro atoms. The van der Waals surface area contributed by atoms with Crippen molar-refractivity contribution in [1.82, 2.24) is 5.32 Å². The van der Waals surface area contributed by atoms with Gasteiger partial charge in [-0.2, -0.15) is 0 Å². The summed E-state index contributed by atoms with van der Waals surface area (Å²) in [7, 11) is 0. The molecular weight excluding hydrogens is 384 g/mol. The monoisotopic (exact) mass is 410 g/mol. The number of carbonyl (C=O) groups is 2. The molecule has 1 saturated heterocycles. The maximum atomic E-state index is 13.0. The molecule has 6 heteroatoms. The van der Waals surface area contributed by atoms with Gasteiger partial charge in [0.25, 0.3) is 5.91 Å². The predicted molar refractivity (Wildman–Crippen MR) is 116 cm³/mol. The van der Waals surface area contributed by atoms with Crippen LogP contribution in [0.2, 0.25) is 0 Å². The van der Waals surface area contributed by atoms with Crippen molar-refractivity contribution in [2.24, 2.45) is 0 Å². The molecule has 1 aromatic heterocycles. The summed E-state index contributed by atoms with van der Waals surface area (Å²) in [6, 6.07) is 9.69. The summed E-state index contributed by atoms with van der Waals surface area (Å²) in [5, 5.41) is 6.63.